The van der Waals surface area contributed by atoms with Crippen LogP contribution in [0.4, 0.5) is 0 Å². The van der Waals surface area contributed by atoms with Crippen LogP contribution >= 0.6 is 0 Å². The van der Waals surface area contributed by atoms with E-state index in [0.717, 1.165) is 42.4 Å². The molecule has 1 aliphatic rings. The Balaban J connectivity index is 1.67. The topological polar surface area (TPSA) is 73.3 Å². The standard InChI is InChI=1S/C16H21N5O2/c1-11-6-12(2)20-15(19-11)14-10-21(4-5-23-14)9-13-7-17-16(22-3)18-8-13/h6-8,14H,4-5,9-10H2,1-3H3/t14-/m0/s1. The second kappa shape index (κ2) is 6.97. The Morgan fingerprint density at radius 2 is 1.91 bits per heavy atom. The number of hydrogen-bond donors (Lipinski definition) is 0. The molecule has 0 aliphatic carbocycles. The summed E-state index contributed by atoms with van der Waals surface area (Å²) in [5.41, 5.74) is 2.99. The van der Waals surface area contributed by atoms with Gasteiger partial charge < -0.3 is 9.47 Å². The van der Waals surface area contributed by atoms with Crippen LogP contribution in [0, 0.1) is 13.8 Å². The van der Waals surface area contributed by atoms with Crippen molar-refractivity contribution in [1.82, 2.24) is 24.8 Å². The van der Waals surface area contributed by atoms with Crippen molar-refractivity contribution in [3.8, 4) is 6.01 Å². The van der Waals surface area contributed by atoms with Gasteiger partial charge in [0, 0.05) is 49.0 Å². The summed E-state index contributed by atoms with van der Waals surface area (Å²) >= 11 is 0. The Labute approximate surface area is 135 Å². The van der Waals surface area contributed by atoms with Gasteiger partial charge in [0.05, 0.1) is 13.7 Å². The van der Waals surface area contributed by atoms with Crippen molar-refractivity contribution in [2.45, 2.75) is 26.5 Å². The fourth-order valence-electron chi connectivity index (χ4n) is 2.69. The maximum atomic E-state index is 5.86. The van der Waals surface area contributed by atoms with Crippen molar-refractivity contribution in [2.75, 3.05) is 26.8 Å². The highest BCUT2D eigenvalue weighted by Gasteiger charge is 2.24. The summed E-state index contributed by atoms with van der Waals surface area (Å²) in [4.78, 5) is 19.6. The van der Waals surface area contributed by atoms with E-state index in [4.69, 9.17) is 9.47 Å². The second-order valence-corrected chi connectivity index (χ2v) is 5.68. The number of aryl methyl sites for hydroxylation is 2. The summed E-state index contributed by atoms with van der Waals surface area (Å²) in [6.07, 6.45) is 3.49. The predicted molar refractivity (Wildman–Crippen MR) is 84.1 cm³/mol. The number of nitrogens with zero attached hydrogens (tertiary/aromatic N) is 5. The van der Waals surface area contributed by atoms with Crippen molar-refractivity contribution >= 4 is 0 Å². The summed E-state index contributed by atoms with van der Waals surface area (Å²) in [5, 5.41) is 0. The van der Waals surface area contributed by atoms with E-state index in [9.17, 15) is 0 Å². The largest absolute Gasteiger partial charge is 0.467 e. The number of ether oxygens (including phenoxy) is 2. The Morgan fingerprint density at radius 3 is 2.57 bits per heavy atom. The quantitative estimate of drug-likeness (QED) is 0.845. The third kappa shape index (κ3) is 4.00. The van der Waals surface area contributed by atoms with Crippen molar-refractivity contribution in [3.63, 3.8) is 0 Å². The van der Waals surface area contributed by atoms with Crippen LogP contribution in [0.2, 0.25) is 0 Å². The molecule has 0 spiro atoms. The van der Waals surface area contributed by atoms with Crippen molar-refractivity contribution in [2.24, 2.45) is 0 Å². The molecule has 7 nitrogen and oxygen atoms in total. The lowest BCUT2D eigenvalue weighted by atomic mass is 10.2. The van der Waals surface area contributed by atoms with Crippen molar-refractivity contribution in [3.05, 3.63) is 41.2 Å². The van der Waals surface area contributed by atoms with Crippen LogP contribution in [0.25, 0.3) is 0 Å². The first-order valence-electron chi connectivity index (χ1n) is 7.65. The molecule has 0 amide bonds. The van der Waals surface area contributed by atoms with E-state index < -0.39 is 0 Å². The molecular formula is C16H21N5O2. The lowest BCUT2D eigenvalue weighted by Crippen LogP contribution is -2.38. The normalized spacial score (nSPS) is 18.8. The summed E-state index contributed by atoms with van der Waals surface area (Å²) in [6.45, 7) is 7.02. The molecule has 1 saturated heterocycles. The zero-order valence-corrected chi connectivity index (χ0v) is 13.7. The molecule has 0 bridgehead atoms. The molecule has 0 radical (unpaired) electrons. The Morgan fingerprint density at radius 1 is 1.22 bits per heavy atom. The first-order valence-corrected chi connectivity index (χ1v) is 7.65. The number of rotatable bonds is 4. The van der Waals surface area contributed by atoms with E-state index in [1.165, 1.54) is 0 Å². The van der Waals surface area contributed by atoms with E-state index in [-0.39, 0.29) is 6.10 Å². The fraction of sp³-hybridized carbons (Fsp3) is 0.500. The second-order valence-electron chi connectivity index (χ2n) is 5.68. The third-order valence-corrected chi connectivity index (χ3v) is 3.71. The van der Waals surface area contributed by atoms with Gasteiger partial charge in [-0.25, -0.2) is 19.9 Å². The lowest BCUT2D eigenvalue weighted by molar-refractivity contribution is -0.0374. The van der Waals surface area contributed by atoms with Crippen LogP contribution in [0.3, 0.4) is 0 Å². The number of morpholine rings is 1. The van der Waals surface area contributed by atoms with Crippen molar-refractivity contribution in [1.29, 1.82) is 0 Å². The molecule has 1 aliphatic heterocycles. The van der Waals surface area contributed by atoms with Gasteiger partial charge in [-0.2, -0.15) is 0 Å². The zero-order chi connectivity index (χ0) is 16.2. The van der Waals surface area contributed by atoms with Gasteiger partial charge in [0.25, 0.3) is 0 Å². The lowest BCUT2D eigenvalue weighted by Gasteiger charge is -2.32. The highest BCUT2D eigenvalue weighted by Crippen LogP contribution is 2.21. The minimum Gasteiger partial charge on any atom is -0.467 e. The highest BCUT2D eigenvalue weighted by atomic mass is 16.5. The van der Waals surface area contributed by atoms with E-state index in [1.807, 2.05) is 19.9 Å². The van der Waals surface area contributed by atoms with Gasteiger partial charge >= 0.3 is 6.01 Å². The van der Waals surface area contributed by atoms with Gasteiger partial charge in [-0.3, -0.25) is 4.90 Å². The summed E-state index contributed by atoms with van der Waals surface area (Å²) in [7, 11) is 1.56. The van der Waals surface area contributed by atoms with Gasteiger partial charge in [-0.15, -0.1) is 0 Å². The Kier molecular flexibility index (Phi) is 4.78. The molecule has 3 rings (SSSR count). The molecule has 0 unspecified atom stereocenters. The molecule has 7 heteroatoms. The molecule has 0 aromatic carbocycles. The van der Waals surface area contributed by atoms with Crippen LogP contribution in [-0.2, 0) is 11.3 Å². The maximum absolute atomic E-state index is 5.86. The van der Waals surface area contributed by atoms with Crippen LogP contribution < -0.4 is 4.74 Å². The molecular weight excluding hydrogens is 294 g/mol. The molecule has 1 atom stereocenters. The highest BCUT2D eigenvalue weighted by molar-refractivity contribution is 5.11. The first-order chi connectivity index (χ1) is 11.1. The molecule has 3 heterocycles. The summed E-state index contributed by atoms with van der Waals surface area (Å²) in [5.74, 6) is 0.762. The Hall–Kier alpha value is -2.12. The number of hydrogen-bond acceptors (Lipinski definition) is 7. The average molecular weight is 315 g/mol. The van der Waals surface area contributed by atoms with Gasteiger partial charge in [-0.1, -0.05) is 0 Å². The Bertz CT molecular complexity index is 642. The van der Waals surface area contributed by atoms with E-state index in [0.29, 0.717) is 12.6 Å². The zero-order valence-electron chi connectivity index (χ0n) is 13.7. The van der Waals surface area contributed by atoms with Crippen molar-refractivity contribution < 1.29 is 9.47 Å². The first kappa shape index (κ1) is 15.8. The van der Waals surface area contributed by atoms with Gasteiger partial charge in [-0.05, 0) is 19.9 Å². The van der Waals surface area contributed by atoms with Gasteiger partial charge in [0.1, 0.15) is 6.10 Å². The van der Waals surface area contributed by atoms with Crippen LogP contribution in [0.5, 0.6) is 6.01 Å². The molecule has 0 saturated carbocycles. The molecule has 1 fully saturated rings. The molecule has 2 aromatic heterocycles. The summed E-state index contributed by atoms with van der Waals surface area (Å²) < 4.78 is 10.8. The summed E-state index contributed by atoms with van der Waals surface area (Å²) in [6, 6.07) is 2.36. The number of aromatic nitrogens is 4. The van der Waals surface area contributed by atoms with Gasteiger partial charge in [0.15, 0.2) is 5.82 Å². The average Bonchev–Trinajstić information content (AvgIpc) is 2.55. The maximum Gasteiger partial charge on any atom is 0.316 e. The minimum absolute atomic E-state index is 0.0958. The molecule has 122 valence electrons. The SMILES string of the molecule is COc1ncc(CN2CCO[C@H](c3nc(C)cc(C)n3)C2)cn1. The van der Waals surface area contributed by atoms with Crippen LogP contribution in [0.1, 0.15) is 28.9 Å². The van der Waals surface area contributed by atoms with Crippen LogP contribution in [-0.4, -0.2) is 51.6 Å². The molecule has 0 N–H and O–H groups in total. The smallest absolute Gasteiger partial charge is 0.316 e. The fourth-order valence-corrected chi connectivity index (χ4v) is 2.69. The van der Waals surface area contributed by atoms with E-state index in [2.05, 4.69) is 24.8 Å². The third-order valence-electron chi connectivity index (χ3n) is 3.71. The van der Waals surface area contributed by atoms with E-state index in [1.54, 1.807) is 19.5 Å². The monoisotopic (exact) mass is 315 g/mol. The van der Waals surface area contributed by atoms with Gasteiger partial charge in [0.2, 0.25) is 0 Å². The molecule has 23 heavy (non-hydrogen) atoms. The number of methoxy groups -OCH3 is 1. The predicted octanol–water partition coefficient (Wildman–Crippen LogP) is 1.47. The van der Waals surface area contributed by atoms with E-state index >= 15 is 0 Å². The molecule has 2 aromatic rings. The van der Waals surface area contributed by atoms with Crippen LogP contribution in [0.15, 0.2) is 18.5 Å². The minimum atomic E-state index is -0.0958.